The number of hydrogen-bond donors (Lipinski definition) is 1. The Morgan fingerprint density at radius 3 is 2.89 bits per heavy atom. The molecule has 1 aromatic heterocycles. The Hall–Kier alpha value is -2.08. The van der Waals surface area contributed by atoms with Gasteiger partial charge in [-0.3, -0.25) is 9.79 Å². The average Bonchev–Trinajstić information content (AvgIpc) is 2.58. The van der Waals surface area contributed by atoms with Crippen LogP contribution in [0.2, 0.25) is 0 Å². The molecule has 0 radical (unpaired) electrons. The molecule has 0 saturated carbocycles. The quantitative estimate of drug-likeness (QED) is 0.879. The van der Waals surface area contributed by atoms with Crippen LogP contribution in [0.4, 0.5) is 11.4 Å². The third kappa shape index (κ3) is 2.53. The maximum Gasteiger partial charge on any atom is 0.230 e. The number of benzene rings is 1. The molecule has 1 aromatic carbocycles. The van der Waals surface area contributed by atoms with Gasteiger partial charge in [-0.15, -0.1) is 0 Å². The van der Waals surface area contributed by atoms with E-state index in [1.54, 1.807) is 18.5 Å². The zero-order valence-corrected chi connectivity index (χ0v) is 11.4. The molecule has 2 heterocycles. The van der Waals surface area contributed by atoms with Gasteiger partial charge in [0, 0.05) is 10.0 Å². The minimum absolute atomic E-state index is 0.0864. The zero-order valence-electron chi connectivity index (χ0n) is 9.80. The fourth-order valence-corrected chi connectivity index (χ4v) is 2.21. The van der Waals surface area contributed by atoms with Crippen molar-refractivity contribution in [2.45, 2.75) is 6.42 Å². The summed E-state index contributed by atoms with van der Waals surface area (Å²) in [6.45, 7) is 0. The van der Waals surface area contributed by atoms with Gasteiger partial charge in [0.1, 0.15) is 0 Å². The molecule has 0 bridgehead atoms. The highest BCUT2D eigenvalue weighted by Gasteiger charge is 2.17. The van der Waals surface area contributed by atoms with Gasteiger partial charge in [0.25, 0.3) is 0 Å². The van der Waals surface area contributed by atoms with Crippen molar-refractivity contribution in [3.05, 3.63) is 46.7 Å². The Labute approximate surface area is 117 Å². The molecule has 1 aliphatic heterocycles. The smallest absolute Gasteiger partial charge is 0.230 e. The van der Waals surface area contributed by atoms with E-state index in [0.29, 0.717) is 11.4 Å². The fourth-order valence-electron chi connectivity index (χ4n) is 1.86. The molecule has 0 fully saturated rings. The molecule has 1 amide bonds. The number of carbonyl (C=O) groups is 1. The number of aliphatic imine (C=N–C) groups is 1. The van der Waals surface area contributed by atoms with Crippen LogP contribution in [0.3, 0.4) is 0 Å². The van der Waals surface area contributed by atoms with Crippen LogP contribution < -0.4 is 5.32 Å². The van der Waals surface area contributed by atoms with Gasteiger partial charge in [0.2, 0.25) is 5.91 Å². The summed E-state index contributed by atoms with van der Waals surface area (Å²) in [7, 11) is 0. The SMILES string of the molecule is O=C1CC(c2ccnnc2)=Nc2cc(Br)ccc2N1. The van der Waals surface area contributed by atoms with Gasteiger partial charge in [-0.1, -0.05) is 15.9 Å². The van der Waals surface area contributed by atoms with Crippen molar-refractivity contribution >= 4 is 38.9 Å². The second-order valence-electron chi connectivity index (χ2n) is 4.08. The summed E-state index contributed by atoms with van der Waals surface area (Å²) in [5, 5.41) is 10.4. The van der Waals surface area contributed by atoms with Gasteiger partial charge in [-0.05, 0) is 24.3 Å². The molecule has 0 aliphatic carbocycles. The lowest BCUT2D eigenvalue weighted by atomic mass is 10.1. The Kier molecular flexibility index (Phi) is 3.08. The topological polar surface area (TPSA) is 67.2 Å². The molecule has 19 heavy (non-hydrogen) atoms. The number of nitrogens with one attached hydrogen (secondary N) is 1. The molecule has 1 N–H and O–H groups in total. The maximum atomic E-state index is 11.9. The van der Waals surface area contributed by atoms with Crippen LogP contribution >= 0.6 is 15.9 Å². The normalized spacial score (nSPS) is 14.2. The second-order valence-corrected chi connectivity index (χ2v) is 4.99. The highest BCUT2D eigenvalue weighted by molar-refractivity contribution is 9.10. The van der Waals surface area contributed by atoms with Gasteiger partial charge in [0.15, 0.2) is 0 Å². The molecular formula is C13H9BrN4O. The largest absolute Gasteiger partial charge is 0.324 e. The first-order valence-electron chi connectivity index (χ1n) is 5.66. The number of rotatable bonds is 1. The molecule has 0 spiro atoms. The zero-order chi connectivity index (χ0) is 13.2. The summed E-state index contributed by atoms with van der Waals surface area (Å²) in [5.41, 5.74) is 2.93. The number of hydrogen-bond acceptors (Lipinski definition) is 4. The molecule has 0 atom stereocenters. The Morgan fingerprint density at radius 1 is 1.21 bits per heavy atom. The van der Waals surface area contributed by atoms with Crippen molar-refractivity contribution in [2.24, 2.45) is 4.99 Å². The summed E-state index contributed by atoms with van der Waals surface area (Å²) in [6, 6.07) is 7.36. The Bertz CT molecular complexity index is 670. The molecule has 3 rings (SSSR count). The predicted molar refractivity (Wildman–Crippen MR) is 75.6 cm³/mol. The third-order valence-electron chi connectivity index (χ3n) is 2.73. The standard InChI is InChI=1S/C13H9BrN4O/c14-9-1-2-10-12(5-9)17-11(6-13(19)18-10)8-3-4-15-16-7-8/h1-5,7H,6H2,(H,18,19). The van der Waals surface area contributed by atoms with Crippen LogP contribution in [0, 0.1) is 0 Å². The first-order chi connectivity index (χ1) is 9.22. The van der Waals surface area contributed by atoms with Crippen molar-refractivity contribution in [2.75, 3.05) is 5.32 Å². The van der Waals surface area contributed by atoms with Crippen molar-refractivity contribution in [1.29, 1.82) is 0 Å². The van der Waals surface area contributed by atoms with Crippen LogP contribution in [0.15, 0.2) is 46.1 Å². The van der Waals surface area contributed by atoms with Crippen LogP contribution in [-0.2, 0) is 4.79 Å². The van der Waals surface area contributed by atoms with Crippen LogP contribution in [0.1, 0.15) is 12.0 Å². The van der Waals surface area contributed by atoms with Crippen LogP contribution in [-0.4, -0.2) is 21.8 Å². The number of carbonyl (C=O) groups excluding carboxylic acids is 1. The van der Waals surface area contributed by atoms with E-state index >= 15 is 0 Å². The maximum absolute atomic E-state index is 11.9. The molecular weight excluding hydrogens is 308 g/mol. The number of anilines is 1. The van der Waals surface area contributed by atoms with Gasteiger partial charge >= 0.3 is 0 Å². The number of nitrogens with zero attached hydrogens (tertiary/aromatic N) is 3. The van der Waals surface area contributed by atoms with Crippen molar-refractivity contribution < 1.29 is 4.79 Å². The molecule has 0 unspecified atom stereocenters. The Morgan fingerprint density at radius 2 is 2.11 bits per heavy atom. The Balaban J connectivity index is 2.12. The highest BCUT2D eigenvalue weighted by Crippen LogP contribution is 2.31. The van der Waals surface area contributed by atoms with Crippen molar-refractivity contribution in [1.82, 2.24) is 10.2 Å². The van der Waals surface area contributed by atoms with E-state index in [1.807, 2.05) is 18.2 Å². The third-order valence-corrected chi connectivity index (χ3v) is 3.23. The van der Waals surface area contributed by atoms with Gasteiger partial charge < -0.3 is 5.32 Å². The van der Waals surface area contributed by atoms with Gasteiger partial charge in [0.05, 0.1) is 35.9 Å². The fraction of sp³-hybridized carbons (Fsp3) is 0.0769. The molecule has 94 valence electrons. The molecule has 2 aromatic rings. The van der Waals surface area contributed by atoms with E-state index in [2.05, 4.69) is 36.4 Å². The molecule has 0 saturated heterocycles. The van der Waals surface area contributed by atoms with E-state index in [1.165, 1.54) is 0 Å². The van der Waals surface area contributed by atoms with Crippen LogP contribution in [0.25, 0.3) is 0 Å². The minimum Gasteiger partial charge on any atom is -0.324 e. The molecule has 5 nitrogen and oxygen atoms in total. The van der Waals surface area contributed by atoms with E-state index in [-0.39, 0.29) is 12.3 Å². The lowest BCUT2D eigenvalue weighted by molar-refractivity contribution is -0.115. The monoisotopic (exact) mass is 316 g/mol. The summed E-state index contributed by atoms with van der Waals surface area (Å²) >= 11 is 3.40. The van der Waals surface area contributed by atoms with Crippen molar-refractivity contribution in [3.8, 4) is 0 Å². The number of amides is 1. The van der Waals surface area contributed by atoms with Crippen molar-refractivity contribution in [3.63, 3.8) is 0 Å². The number of fused-ring (bicyclic) bond motifs is 1. The molecule has 1 aliphatic rings. The first kappa shape index (κ1) is 12.0. The summed E-state index contributed by atoms with van der Waals surface area (Å²) in [4.78, 5) is 16.4. The number of aromatic nitrogens is 2. The lowest BCUT2D eigenvalue weighted by Gasteiger charge is -2.03. The second kappa shape index (κ2) is 4.89. The molecule has 6 heteroatoms. The average molecular weight is 317 g/mol. The van der Waals surface area contributed by atoms with E-state index in [0.717, 1.165) is 15.7 Å². The summed E-state index contributed by atoms with van der Waals surface area (Å²) in [6.07, 6.45) is 3.41. The van der Waals surface area contributed by atoms with E-state index in [4.69, 9.17) is 0 Å². The van der Waals surface area contributed by atoms with Crippen LogP contribution in [0.5, 0.6) is 0 Å². The first-order valence-corrected chi connectivity index (χ1v) is 6.46. The predicted octanol–water partition coefficient (Wildman–Crippen LogP) is 2.70. The lowest BCUT2D eigenvalue weighted by Crippen LogP contribution is -2.15. The van der Waals surface area contributed by atoms with Gasteiger partial charge in [-0.2, -0.15) is 10.2 Å². The minimum atomic E-state index is -0.0864. The number of halogens is 1. The van der Waals surface area contributed by atoms with E-state index in [9.17, 15) is 4.79 Å². The summed E-state index contributed by atoms with van der Waals surface area (Å²) in [5.74, 6) is -0.0864. The highest BCUT2D eigenvalue weighted by atomic mass is 79.9. The summed E-state index contributed by atoms with van der Waals surface area (Å²) < 4.78 is 0.915. The van der Waals surface area contributed by atoms with Gasteiger partial charge in [-0.25, -0.2) is 0 Å². The van der Waals surface area contributed by atoms with E-state index < -0.39 is 0 Å².